The first-order valence-electron chi connectivity index (χ1n) is 6.86. The van der Waals surface area contributed by atoms with Crippen LogP contribution in [0.15, 0.2) is 0 Å². The highest BCUT2D eigenvalue weighted by molar-refractivity contribution is 4.71. The van der Waals surface area contributed by atoms with Crippen molar-refractivity contribution in [3.63, 3.8) is 0 Å². The molecule has 1 rings (SSSR count). The van der Waals surface area contributed by atoms with E-state index in [0.717, 1.165) is 11.8 Å². The Morgan fingerprint density at radius 3 is 2.00 bits per heavy atom. The monoisotopic (exact) mass is 196 g/mol. The second-order valence-corrected chi connectivity index (χ2v) is 5.14. The maximum Gasteiger partial charge on any atom is -0.0414 e. The van der Waals surface area contributed by atoms with Crippen LogP contribution < -0.4 is 0 Å². The van der Waals surface area contributed by atoms with Gasteiger partial charge in [-0.2, -0.15) is 0 Å². The summed E-state index contributed by atoms with van der Waals surface area (Å²) in [5.74, 6) is 2.16. The lowest BCUT2D eigenvalue weighted by molar-refractivity contribution is 0.254. The minimum Gasteiger partial charge on any atom is -0.0654 e. The molecule has 1 aliphatic carbocycles. The van der Waals surface area contributed by atoms with Gasteiger partial charge in [-0.1, -0.05) is 78.1 Å². The molecule has 0 aliphatic heterocycles. The third kappa shape index (κ3) is 4.48. The highest BCUT2D eigenvalue weighted by atomic mass is 14.2. The van der Waals surface area contributed by atoms with Crippen LogP contribution in [0.25, 0.3) is 0 Å². The van der Waals surface area contributed by atoms with Gasteiger partial charge in [0.15, 0.2) is 0 Å². The predicted molar refractivity (Wildman–Crippen MR) is 64.5 cm³/mol. The molecule has 0 saturated heterocycles. The first-order valence-corrected chi connectivity index (χ1v) is 6.86. The first kappa shape index (κ1) is 12.1. The fraction of sp³-hybridized carbons (Fsp3) is 1.00. The summed E-state index contributed by atoms with van der Waals surface area (Å²) in [5, 5.41) is 0. The molecule has 0 N–H and O–H groups in total. The molecule has 0 heterocycles. The fourth-order valence-corrected chi connectivity index (χ4v) is 2.79. The van der Waals surface area contributed by atoms with E-state index in [1.807, 2.05) is 0 Å². The summed E-state index contributed by atoms with van der Waals surface area (Å²) in [7, 11) is 0. The van der Waals surface area contributed by atoms with Crippen molar-refractivity contribution in [2.45, 2.75) is 78.1 Å². The van der Waals surface area contributed by atoms with Gasteiger partial charge in [-0.25, -0.2) is 0 Å². The van der Waals surface area contributed by atoms with Crippen LogP contribution in [-0.2, 0) is 0 Å². The Hall–Kier alpha value is 0. The summed E-state index contributed by atoms with van der Waals surface area (Å²) in [4.78, 5) is 0. The minimum atomic E-state index is 1.07. The Morgan fingerprint density at radius 1 is 0.786 bits per heavy atom. The van der Waals surface area contributed by atoms with Gasteiger partial charge in [0, 0.05) is 0 Å². The third-order valence-electron chi connectivity index (χ3n) is 4.01. The zero-order chi connectivity index (χ0) is 10.2. The summed E-state index contributed by atoms with van der Waals surface area (Å²) in [6.45, 7) is 4.65. The van der Waals surface area contributed by atoms with Crippen LogP contribution in [0.5, 0.6) is 0 Å². The van der Waals surface area contributed by atoms with Gasteiger partial charge < -0.3 is 0 Å². The molecule has 0 aromatic rings. The van der Waals surface area contributed by atoms with Crippen LogP contribution in [0, 0.1) is 11.8 Å². The zero-order valence-electron chi connectivity index (χ0n) is 10.2. The van der Waals surface area contributed by atoms with Crippen molar-refractivity contribution in [3.05, 3.63) is 0 Å². The molecule has 0 bridgehead atoms. The Labute approximate surface area is 90.5 Å². The van der Waals surface area contributed by atoms with Gasteiger partial charge in [-0.05, 0) is 11.8 Å². The van der Waals surface area contributed by atoms with Crippen molar-refractivity contribution in [1.29, 1.82) is 0 Å². The van der Waals surface area contributed by atoms with E-state index >= 15 is 0 Å². The average molecular weight is 196 g/mol. The molecule has 14 heavy (non-hydrogen) atoms. The van der Waals surface area contributed by atoms with E-state index < -0.39 is 0 Å². The molecule has 0 radical (unpaired) electrons. The number of hydrogen-bond donors (Lipinski definition) is 0. The second-order valence-electron chi connectivity index (χ2n) is 5.14. The van der Waals surface area contributed by atoms with Crippen molar-refractivity contribution in [1.82, 2.24) is 0 Å². The second kappa shape index (κ2) is 7.31. The topological polar surface area (TPSA) is 0 Å². The average Bonchev–Trinajstić information content (AvgIpc) is 2.25. The lowest BCUT2D eigenvalue weighted by Crippen LogP contribution is -2.13. The van der Waals surface area contributed by atoms with Gasteiger partial charge in [0.25, 0.3) is 0 Å². The molecule has 84 valence electrons. The lowest BCUT2D eigenvalue weighted by atomic mass is 9.79. The molecule has 0 nitrogen and oxygen atoms in total. The van der Waals surface area contributed by atoms with E-state index in [2.05, 4.69) is 13.8 Å². The number of rotatable bonds is 6. The SMILES string of the molecule is CCCCCCC1CCC(CC)CC1. The summed E-state index contributed by atoms with van der Waals surface area (Å²) in [6, 6.07) is 0. The third-order valence-corrected chi connectivity index (χ3v) is 4.01. The Balaban J connectivity index is 1.98. The van der Waals surface area contributed by atoms with Crippen LogP contribution in [0.3, 0.4) is 0 Å². The van der Waals surface area contributed by atoms with Crippen LogP contribution >= 0.6 is 0 Å². The molecule has 1 saturated carbocycles. The number of unbranched alkanes of at least 4 members (excludes halogenated alkanes) is 3. The minimum absolute atomic E-state index is 1.07. The van der Waals surface area contributed by atoms with E-state index in [1.54, 1.807) is 0 Å². The van der Waals surface area contributed by atoms with Gasteiger partial charge >= 0.3 is 0 Å². The Morgan fingerprint density at radius 2 is 1.43 bits per heavy atom. The van der Waals surface area contributed by atoms with E-state index in [1.165, 1.54) is 64.2 Å². The molecular formula is C14H28. The van der Waals surface area contributed by atoms with Gasteiger partial charge in [0.05, 0.1) is 0 Å². The quantitative estimate of drug-likeness (QED) is 0.514. The molecule has 1 aliphatic rings. The van der Waals surface area contributed by atoms with Gasteiger partial charge in [-0.15, -0.1) is 0 Å². The normalized spacial score (nSPS) is 27.9. The van der Waals surface area contributed by atoms with Crippen LogP contribution in [0.1, 0.15) is 78.1 Å². The van der Waals surface area contributed by atoms with Gasteiger partial charge in [-0.3, -0.25) is 0 Å². The molecule has 0 amide bonds. The maximum atomic E-state index is 2.35. The molecular weight excluding hydrogens is 168 g/mol. The summed E-state index contributed by atoms with van der Waals surface area (Å²) in [5.41, 5.74) is 0. The number of hydrogen-bond acceptors (Lipinski definition) is 0. The van der Waals surface area contributed by atoms with Crippen molar-refractivity contribution in [2.75, 3.05) is 0 Å². The van der Waals surface area contributed by atoms with Crippen molar-refractivity contribution in [2.24, 2.45) is 11.8 Å². The molecule has 0 aromatic carbocycles. The molecule has 0 spiro atoms. The van der Waals surface area contributed by atoms with E-state index in [-0.39, 0.29) is 0 Å². The van der Waals surface area contributed by atoms with Crippen LogP contribution in [0.4, 0.5) is 0 Å². The van der Waals surface area contributed by atoms with E-state index in [4.69, 9.17) is 0 Å². The van der Waals surface area contributed by atoms with Crippen LogP contribution in [-0.4, -0.2) is 0 Å². The Kier molecular flexibility index (Phi) is 6.31. The maximum absolute atomic E-state index is 2.35. The highest BCUT2D eigenvalue weighted by Gasteiger charge is 2.19. The van der Waals surface area contributed by atoms with Crippen LogP contribution in [0.2, 0.25) is 0 Å². The standard InChI is InChI=1S/C14H28/c1-3-5-6-7-8-14-11-9-13(4-2)10-12-14/h13-14H,3-12H2,1-2H3. The molecule has 0 heteroatoms. The predicted octanol–water partition coefficient (Wildman–Crippen LogP) is 5.17. The van der Waals surface area contributed by atoms with Crippen molar-refractivity contribution >= 4 is 0 Å². The Bertz CT molecular complexity index is 120. The summed E-state index contributed by atoms with van der Waals surface area (Å²) in [6.07, 6.45) is 14.9. The van der Waals surface area contributed by atoms with E-state index in [0.29, 0.717) is 0 Å². The van der Waals surface area contributed by atoms with Crippen molar-refractivity contribution in [3.8, 4) is 0 Å². The van der Waals surface area contributed by atoms with E-state index in [9.17, 15) is 0 Å². The molecule has 0 atom stereocenters. The first-order chi connectivity index (χ1) is 6.86. The lowest BCUT2D eigenvalue weighted by Gasteiger charge is -2.27. The zero-order valence-corrected chi connectivity index (χ0v) is 10.2. The summed E-state index contributed by atoms with van der Waals surface area (Å²) < 4.78 is 0. The van der Waals surface area contributed by atoms with Crippen molar-refractivity contribution < 1.29 is 0 Å². The highest BCUT2D eigenvalue weighted by Crippen LogP contribution is 2.33. The molecule has 0 aromatic heterocycles. The fourth-order valence-electron chi connectivity index (χ4n) is 2.79. The molecule has 1 fully saturated rings. The smallest absolute Gasteiger partial charge is 0.0414 e. The largest absolute Gasteiger partial charge is 0.0654 e. The molecule has 0 unspecified atom stereocenters. The van der Waals surface area contributed by atoms with Gasteiger partial charge in [0.1, 0.15) is 0 Å². The summed E-state index contributed by atoms with van der Waals surface area (Å²) >= 11 is 0. The van der Waals surface area contributed by atoms with Gasteiger partial charge in [0.2, 0.25) is 0 Å².